The van der Waals surface area contributed by atoms with Gasteiger partial charge in [0.2, 0.25) is 5.91 Å². The molecular formula is C26H25BrN2O3. The van der Waals surface area contributed by atoms with Gasteiger partial charge in [0, 0.05) is 28.8 Å². The summed E-state index contributed by atoms with van der Waals surface area (Å²) in [6.45, 7) is 3.55. The van der Waals surface area contributed by atoms with E-state index >= 15 is 0 Å². The van der Waals surface area contributed by atoms with Crippen molar-refractivity contribution in [2.45, 2.75) is 32.4 Å². The Balaban J connectivity index is 1.68. The van der Waals surface area contributed by atoms with Crippen LogP contribution in [0.2, 0.25) is 0 Å². The fourth-order valence-corrected chi connectivity index (χ4v) is 4.71. The van der Waals surface area contributed by atoms with Crippen molar-refractivity contribution in [1.82, 2.24) is 0 Å². The molecule has 1 aliphatic heterocycles. The lowest BCUT2D eigenvalue weighted by molar-refractivity contribution is -0.121. The van der Waals surface area contributed by atoms with Crippen LogP contribution >= 0.6 is 15.9 Å². The molecule has 0 aromatic heterocycles. The Morgan fingerprint density at radius 3 is 2.34 bits per heavy atom. The van der Waals surface area contributed by atoms with Crippen LogP contribution in [0, 0.1) is 0 Å². The first-order valence-corrected chi connectivity index (χ1v) is 11.4. The normalized spacial score (nSPS) is 17.4. The molecule has 3 aromatic carbocycles. The van der Waals surface area contributed by atoms with Gasteiger partial charge in [-0.1, -0.05) is 52.3 Å². The predicted molar refractivity (Wildman–Crippen MR) is 130 cm³/mol. The fraction of sp³-hybridized carbons (Fsp3) is 0.231. The number of amides is 2. The van der Waals surface area contributed by atoms with Crippen LogP contribution in [0.5, 0.6) is 5.75 Å². The maximum Gasteiger partial charge on any atom is 0.265 e. The molecular weight excluding hydrogens is 468 g/mol. The van der Waals surface area contributed by atoms with E-state index in [-0.39, 0.29) is 30.5 Å². The number of para-hydroxylation sites is 2. The van der Waals surface area contributed by atoms with Crippen molar-refractivity contribution < 1.29 is 14.3 Å². The Labute approximate surface area is 196 Å². The summed E-state index contributed by atoms with van der Waals surface area (Å²) in [7, 11) is 0. The van der Waals surface area contributed by atoms with Crippen LogP contribution in [0.3, 0.4) is 0 Å². The molecule has 6 heteroatoms. The van der Waals surface area contributed by atoms with E-state index < -0.39 is 0 Å². The molecule has 32 heavy (non-hydrogen) atoms. The van der Waals surface area contributed by atoms with Crippen molar-refractivity contribution in [2.75, 3.05) is 16.4 Å². The van der Waals surface area contributed by atoms with Gasteiger partial charge in [0.25, 0.3) is 5.91 Å². The first-order chi connectivity index (χ1) is 15.5. The van der Waals surface area contributed by atoms with Gasteiger partial charge in [-0.3, -0.25) is 9.59 Å². The molecule has 1 aliphatic rings. The molecule has 1 heterocycles. The Morgan fingerprint density at radius 2 is 1.69 bits per heavy atom. The van der Waals surface area contributed by atoms with Gasteiger partial charge in [-0.25, -0.2) is 0 Å². The molecule has 164 valence electrons. The number of carbonyl (C=O) groups is 2. The third-order valence-electron chi connectivity index (χ3n) is 5.67. The van der Waals surface area contributed by atoms with Crippen LogP contribution in [0.15, 0.2) is 83.3 Å². The smallest absolute Gasteiger partial charge is 0.265 e. The van der Waals surface area contributed by atoms with E-state index in [1.54, 1.807) is 11.8 Å². The lowest BCUT2D eigenvalue weighted by Gasteiger charge is -2.43. The topological polar surface area (TPSA) is 49.9 Å². The van der Waals surface area contributed by atoms with E-state index in [0.717, 1.165) is 21.4 Å². The number of nitrogens with zero attached hydrogens (tertiary/aromatic N) is 2. The van der Waals surface area contributed by atoms with Crippen LogP contribution in [0.1, 0.15) is 31.9 Å². The average Bonchev–Trinajstić information content (AvgIpc) is 2.79. The molecule has 5 nitrogen and oxygen atoms in total. The second-order valence-corrected chi connectivity index (χ2v) is 8.81. The molecule has 0 saturated carbocycles. The minimum absolute atomic E-state index is 0.0356. The zero-order valence-electron chi connectivity index (χ0n) is 18.1. The van der Waals surface area contributed by atoms with E-state index in [1.165, 1.54) is 0 Å². The van der Waals surface area contributed by atoms with E-state index in [4.69, 9.17) is 4.74 Å². The fourth-order valence-electron chi connectivity index (χ4n) is 4.33. The van der Waals surface area contributed by atoms with Gasteiger partial charge in [0.05, 0.1) is 6.04 Å². The molecule has 4 rings (SSSR count). The Morgan fingerprint density at radius 1 is 1.03 bits per heavy atom. The number of rotatable bonds is 5. The lowest BCUT2D eigenvalue weighted by atomic mass is 9.90. The summed E-state index contributed by atoms with van der Waals surface area (Å²) < 4.78 is 6.63. The molecule has 0 aliphatic carbocycles. The molecule has 0 saturated heterocycles. The summed E-state index contributed by atoms with van der Waals surface area (Å²) in [5, 5.41) is 0. The summed E-state index contributed by atoms with van der Waals surface area (Å²) in [5.74, 6) is 0.509. The lowest BCUT2D eigenvalue weighted by Crippen LogP contribution is -2.48. The summed E-state index contributed by atoms with van der Waals surface area (Å²) in [5.41, 5.74) is 2.58. The molecule has 2 atom stereocenters. The van der Waals surface area contributed by atoms with Gasteiger partial charge in [-0.15, -0.1) is 0 Å². The third-order valence-corrected chi connectivity index (χ3v) is 6.17. The highest BCUT2D eigenvalue weighted by molar-refractivity contribution is 9.10. The predicted octanol–water partition coefficient (Wildman–Crippen LogP) is 5.75. The Kier molecular flexibility index (Phi) is 6.61. The standard InChI is InChI=1S/C26H25BrN2O3/c1-18-15-25(29(19(2)30)21-9-5-3-6-10-21)23-16-20(27)13-14-24(23)28(18)26(31)17-32-22-11-7-4-8-12-22/h3-14,16,18,25H,15,17H2,1-2H3/t18-,25+/m1/s1. The van der Waals surface area contributed by atoms with E-state index in [9.17, 15) is 9.59 Å². The zero-order chi connectivity index (χ0) is 22.7. The van der Waals surface area contributed by atoms with Crippen molar-refractivity contribution in [3.8, 4) is 5.75 Å². The quantitative estimate of drug-likeness (QED) is 0.455. The van der Waals surface area contributed by atoms with Crippen LogP contribution in [-0.2, 0) is 9.59 Å². The highest BCUT2D eigenvalue weighted by Crippen LogP contribution is 2.43. The summed E-state index contributed by atoms with van der Waals surface area (Å²) in [4.78, 5) is 29.6. The number of hydrogen-bond acceptors (Lipinski definition) is 3. The first-order valence-electron chi connectivity index (χ1n) is 10.6. The SMILES string of the molecule is CC(=O)N(c1ccccc1)[C@H]1C[C@@H](C)N(C(=O)COc2ccccc2)c2ccc(Br)cc21. The molecule has 0 N–H and O–H groups in total. The van der Waals surface area contributed by atoms with Crippen molar-refractivity contribution in [3.63, 3.8) is 0 Å². The maximum atomic E-state index is 13.2. The summed E-state index contributed by atoms with van der Waals surface area (Å²) in [6.07, 6.45) is 0.620. The monoisotopic (exact) mass is 492 g/mol. The molecule has 2 amide bonds. The molecule has 3 aromatic rings. The largest absolute Gasteiger partial charge is 0.484 e. The number of anilines is 2. The van der Waals surface area contributed by atoms with E-state index in [0.29, 0.717) is 12.2 Å². The van der Waals surface area contributed by atoms with Crippen LogP contribution < -0.4 is 14.5 Å². The molecule has 0 radical (unpaired) electrons. The van der Waals surface area contributed by atoms with E-state index in [1.807, 2.05) is 90.7 Å². The van der Waals surface area contributed by atoms with Crippen molar-refractivity contribution in [3.05, 3.63) is 88.9 Å². The van der Waals surface area contributed by atoms with Gasteiger partial charge in [-0.05, 0) is 61.4 Å². The van der Waals surface area contributed by atoms with Gasteiger partial charge >= 0.3 is 0 Å². The highest BCUT2D eigenvalue weighted by Gasteiger charge is 2.38. The van der Waals surface area contributed by atoms with Gasteiger partial charge < -0.3 is 14.5 Å². The summed E-state index contributed by atoms with van der Waals surface area (Å²) >= 11 is 3.56. The zero-order valence-corrected chi connectivity index (χ0v) is 19.7. The number of hydrogen-bond donors (Lipinski definition) is 0. The number of fused-ring (bicyclic) bond motifs is 1. The number of halogens is 1. The van der Waals surface area contributed by atoms with Gasteiger partial charge in [-0.2, -0.15) is 0 Å². The van der Waals surface area contributed by atoms with Crippen molar-refractivity contribution in [1.29, 1.82) is 0 Å². The number of carbonyl (C=O) groups excluding carboxylic acids is 2. The van der Waals surface area contributed by atoms with Crippen molar-refractivity contribution in [2.24, 2.45) is 0 Å². The molecule has 0 fully saturated rings. The number of benzene rings is 3. The Hall–Kier alpha value is -3.12. The molecule has 0 spiro atoms. The van der Waals surface area contributed by atoms with Gasteiger partial charge in [0.1, 0.15) is 5.75 Å². The average molecular weight is 493 g/mol. The highest BCUT2D eigenvalue weighted by atomic mass is 79.9. The van der Waals surface area contributed by atoms with Crippen LogP contribution in [-0.4, -0.2) is 24.5 Å². The minimum Gasteiger partial charge on any atom is -0.484 e. The maximum absolute atomic E-state index is 13.2. The first kappa shape index (κ1) is 22.1. The Bertz CT molecular complexity index is 1100. The molecule has 0 bridgehead atoms. The minimum atomic E-state index is -0.184. The van der Waals surface area contributed by atoms with Crippen molar-refractivity contribution >= 4 is 39.1 Å². The molecule has 0 unspecified atom stereocenters. The third kappa shape index (κ3) is 4.55. The van der Waals surface area contributed by atoms with E-state index in [2.05, 4.69) is 15.9 Å². The van der Waals surface area contributed by atoms with Gasteiger partial charge in [0.15, 0.2) is 6.61 Å². The summed E-state index contributed by atoms with van der Waals surface area (Å²) in [6, 6.07) is 24.6. The second-order valence-electron chi connectivity index (χ2n) is 7.89. The number of ether oxygens (including phenoxy) is 1. The van der Waals surface area contributed by atoms with Crippen LogP contribution in [0.25, 0.3) is 0 Å². The second kappa shape index (κ2) is 9.57. The van der Waals surface area contributed by atoms with Crippen LogP contribution in [0.4, 0.5) is 11.4 Å².